The monoisotopic (exact) mass is 213 g/mol. The molecule has 0 saturated heterocycles. The standard InChI is InChI=1S/C10H6F3NO/c11-10(12,13)9-5-4-8(7-14-9)3-1-2-6-15/h4-7H,3H2. The number of carbonyl (C=O) groups excluding carboxylic acids is 1. The van der Waals surface area contributed by atoms with Gasteiger partial charge in [0.05, 0.1) is 0 Å². The second-order valence-corrected chi connectivity index (χ2v) is 2.67. The van der Waals surface area contributed by atoms with Crippen LogP contribution in [-0.2, 0) is 17.4 Å². The van der Waals surface area contributed by atoms with Gasteiger partial charge in [0.15, 0.2) is 6.29 Å². The van der Waals surface area contributed by atoms with E-state index in [0.717, 1.165) is 12.3 Å². The first-order chi connectivity index (χ1) is 7.04. The van der Waals surface area contributed by atoms with Gasteiger partial charge in [0.1, 0.15) is 5.69 Å². The van der Waals surface area contributed by atoms with Crippen LogP contribution >= 0.6 is 0 Å². The van der Waals surface area contributed by atoms with Gasteiger partial charge in [-0.2, -0.15) is 13.2 Å². The summed E-state index contributed by atoms with van der Waals surface area (Å²) in [7, 11) is 0. The summed E-state index contributed by atoms with van der Waals surface area (Å²) >= 11 is 0. The molecule has 78 valence electrons. The normalized spacial score (nSPS) is 10.3. The van der Waals surface area contributed by atoms with Crippen molar-refractivity contribution in [3.8, 4) is 11.8 Å². The first kappa shape index (κ1) is 11.2. The fraction of sp³-hybridized carbons (Fsp3) is 0.200. The molecule has 0 aliphatic carbocycles. The molecule has 0 amide bonds. The number of hydrogen-bond donors (Lipinski definition) is 0. The molecule has 0 saturated carbocycles. The number of alkyl halides is 3. The summed E-state index contributed by atoms with van der Waals surface area (Å²) in [6, 6.07) is 2.17. The Morgan fingerprint density at radius 3 is 2.60 bits per heavy atom. The van der Waals surface area contributed by atoms with Crippen LogP contribution in [0, 0.1) is 11.8 Å². The van der Waals surface area contributed by atoms with Crippen LogP contribution in [0.1, 0.15) is 11.3 Å². The van der Waals surface area contributed by atoms with Gasteiger partial charge in [0, 0.05) is 12.6 Å². The maximum absolute atomic E-state index is 12.1. The molecule has 0 aliphatic heterocycles. The van der Waals surface area contributed by atoms with Gasteiger partial charge < -0.3 is 0 Å². The average Bonchev–Trinajstić information content (AvgIpc) is 2.18. The number of pyridine rings is 1. The highest BCUT2D eigenvalue weighted by atomic mass is 19.4. The highest BCUT2D eigenvalue weighted by Gasteiger charge is 2.31. The number of carbonyl (C=O) groups is 1. The summed E-state index contributed by atoms with van der Waals surface area (Å²) in [6.07, 6.45) is -2.68. The van der Waals surface area contributed by atoms with Crippen molar-refractivity contribution >= 4 is 6.29 Å². The first-order valence-electron chi connectivity index (χ1n) is 3.98. The second kappa shape index (κ2) is 4.60. The highest BCUT2D eigenvalue weighted by molar-refractivity contribution is 5.72. The topological polar surface area (TPSA) is 30.0 Å². The van der Waals surface area contributed by atoms with Crippen molar-refractivity contribution in [3.63, 3.8) is 0 Å². The lowest BCUT2D eigenvalue weighted by Crippen LogP contribution is -2.07. The molecular weight excluding hydrogens is 207 g/mol. The number of halogens is 3. The number of nitrogens with zero attached hydrogens (tertiary/aromatic N) is 1. The predicted octanol–water partition coefficient (Wildman–Crippen LogP) is 1.85. The minimum atomic E-state index is -4.42. The lowest BCUT2D eigenvalue weighted by molar-refractivity contribution is -0.141. The molecule has 0 aromatic carbocycles. The van der Waals surface area contributed by atoms with Gasteiger partial charge in [-0.1, -0.05) is 12.0 Å². The third-order valence-corrected chi connectivity index (χ3v) is 1.57. The van der Waals surface area contributed by atoms with E-state index in [4.69, 9.17) is 0 Å². The summed E-state index contributed by atoms with van der Waals surface area (Å²) in [6.45, 7) is 0. The zero-order valence-corrected chi connectivity index (χ0v) is 7.51. The summed E-state index contributed by atoms with van der Waals surface area (Å²) in [5, 5.41) is 0. The molecule has 0 bridgehead atoms. The van der Waals surface area contributed by atoms with E-state index in [0.29, 0.717) is 11.8 Å². The van der Waals surface area contributed by atoms with Gasteiger partial charge in [0.25, 0.3) is 0 Å². The lowest BCUT2D eigenvalue weighted by Gasteiger charge is -2.04. The van der Waals surface area contributed by atoms with Gasteiger partial charge in [0.2, 0.25) is 0 Å². The van der Waals surface area contributed by atoms with Gasteiger partial charge in [-0.3, -0.25) is 9.78 Å². The largest absolute Gasteiger partial charge is 0.433 e. The van der Waals surface area contributed by atoms with E-state index in [2.05, 4.69) is 16.8 Å². The van der Waals surface area contributed by atoms with Crippen molar-refractivity contribution in [2.75, 3.05) is 0 Å². The van der Waals surface area contributed by atoms with Crippen LogP contribution in [0.5, 0.6) is 0 Å². The SMILES string of the molecule is O=CC#CCc1ccc(C(F)(F)F)nc1. The molecule has 1 aromatic heterocycles. The van der Waals surface area contributed by atoms with E-state index in [-0.39, 0.29) is 6.42 Å². The maximum Gasteiger partial charge on any atom is 0.433 e. The molecule has 1 rings (SSSR count). The van der Waals surface area contributed by atoms with E-state index in [1.165, 1.54) is 6.07 Å². The zero-order chi connectivity index (χ0) is 11.3. The van der Waals surface area contributed by atoms with E-state index in [1.807, 2.05) is 0 Å². The summed E-state index contributed by atoms with van der Waals surface area (Å²) < 4.78 is 36.3. The molecule has 0 spiro atoms. The average molecular weight is 213 g/mol. The van der Waals surface area contributed by atoms with E-state index in [9.17, 15) is 18.0 Å². The van der Waals surface area contributed by atoms with Crippen LogP contribution in [0.4, 0.5) is 13.2 Å². The molecule has 0 fully saturated rings. The Labute approximate surface area is 84.1 Å². The van der Waals surface area contributed by atoms with Crippen molar-refractivity contribution in [1.29, 1.82) is 0 Å². The molecule has 1 heterocycles. The first-order valence-corrected chi connectivity index (χ1v) is 3.98. The van der Waals surface area contributed by atoms with Crippen LogP contribution in [0.15, 0.2) is 18.3 Å². The van der Waals surface area contributed by atoms with Gasteiger partial charge in [-0.15, -0.1) is 0 Å². The maximum atomic E-state index is 12.1. The van der Waals surface area contributed by atoms with Crippen molar-refractivity contribution in [3.05, 3.63) is 29.6 Å². The zero-order valence-electron chi connectivity index (χ0n) is 7.51. The number of hydrogen-bond acceptors (Lipinski definition) is 2. The van der Waals surface area contributed by atoms with Gasteiger partial charge in [-0.25, -0.2) is 0 Å². The number of aromatic nitrogens is 1. The highest BCUT2D eigenvalue weighted by Crippen LogP contribution is 2.27. The van der Waals surface area contributed by atoms with Gasteiger partial charge in [-0.05, 0) is 17.6 Å². The smallest absolute Gasteiger partial charge is 0.289 e. The minimum absolute atomic E-state index is 0.212. The molecule has 0 N–H and O–H groups in total. The van der Waals surface area contributed by atoms with E-state index >= 15 is 0 Å². The minimum Gasteiger partial charge on any atom is -0.289 e. The molecule has 5 heteroatoms. The van der Waals surface area contributed by atoms with Crippen LogP contribution < -0.4 is 0 Å². The molecule has 1 aromatic rings. The Morgan fingerprint density at radius 2 is 2.13 bits per heavy atom. The van der Waals surface area contributed by atoms with E-state index < -0.39 is 11.9 Å². The molecule has 0 atom stereocenters. The fourth-order valence-corrected chi connectivity index (χ4v) is 0.892. The Kier molecular flexibility index (Phi) is 3.45. The molecule has 2 nitrogen and oxygen atoms in total. The Balaban J connectivity index is 2.77. The van der Waals surface area contributed by atoms with Crippen LogP contribution in [0.2, 0.25) is 0 Å². The molecule has 0 unspecified atom stereocenters. The van der Waals surface area contributed by atoms with Gasteiger partial charge >= 0.3 is 6.18 Å². The Bertz CT molecular complexity index is 397. The lowest BCUT2D eigenvalue weighted by atomic mass is 10.2. The molecule has 0 radical (unpaired) electrons. The third-order valence-electron chi connectivity index (χ3n) is 1.57. The Morgan fingerprint density at radius 1 is 1.40 bits per heavy atom. The molecule has 15 heavy (non-hydrogen) atoms. The number of rotatable bonds is 1. The predicted molar refractivity (Wildman–Crippen MR) is 46.8 cm³/mol. The van der Waals surface area contributed by atoms with Crippen LogP contribution in [-0.4, -0.2) is 11.3 Å². The number of aldehydes is 1. The van der Waals surface area contributed by atoms with Crippen LogP contribution in [0.3, 0.4) is 0 Å². The fourth-order valence-electron chi connectivity index (χ4n) is 0.892. The van der Waals surface area contributed by atoms with Crippen molar-refractivity contribution in [1.82, 2.24) is 4.98 Å². The van der Waals surface area contributed by atoms with Crippen molar-refractivity contribution in [2.24, 2.45) is 0 Å². The summed E-state index contributed by atoms with van der Waals surface area (Å²) in [4.78, 5) is 13.1. The van der Waals surface area contributed by atoms with Crippen LogP contribution in [0.25, 0.3) is 0 Å². The second-order valence-electron chi connectivity index (χ2n) is 2.67. The van der Waals surface area contributed by atoms with E-state index in [1.54, 1.807) is 0 Å². The van der Waals surface area contributed by atoms with Crippen molar-refractivity contribution < 1.29 is 18.0 Å². The summed E-state index contributed by atoms with van der Waals surface area (Å²) in [5.41, 5.74) is -0.396. The van der Waals surface area contributed by atoms with Crippen molar-refractivity contribution in [2.45, 2.75) is 12.6 Å². The molecular formula is C10H6F3NO. The Hall–Kier alpha value is -1.83. The summed E-state index contributed by atoms with van der Waals surface area (Å²) in [5.74, 6) is 4.63. The quantitative estimate of drug-likeness (QED) is 0.526. The third kappa shape index (κ3) is 3.43. The molecule has 0 aliphatic rings.